The molecule has 2 amide bonds. The summed E-state index contributed by atoms with van der Waals surface area (Å²) in [5, 5.41) is 16.0. The first-order valence-electron chi connectivity index (χ1n) is 13.5. The van der Waals surface area contributed by atoms with Crippen LogP contribution >= 0.6 is 22.9 Å². The molecule has 3 aliphatic heterocycles. The van der Waals surface area contributed by atoms with Crippen molar-refractivity contribution in [1.29, 1.82) is 0 Å². The number of amides is 2. The molecule has 2 fully saturated rings. The molecule has 13 heteroatoms. The molecular formula is C28H33ClN6O5S. The molecule has 0 bridgehead atoms. The number of piperazine rings is 1. The van der Waals surface area contributed by atoms with E-state index < -0.39 is 23.4 Å². The quantitative estimate of drug-likeness (QED) is 0.420. The van der Waals surface area contributed by atoms with Gasteiger partial charge in [0.25, 0.3) is 0 Å². The predicted molar refractivity (Wildman–Crippen MR) is 155 cm³/mol. The van der Waals surface area contributed by atoms with Gasteiger partial charge in [0.2, 0.25) is 0 Å². The van der Waals surface area contributed by atoms with E-state index in [1.807, 2.05) is 28.5 Å². The van der Waals surface area contributed by atoms with E-state index in [1.54, 1.807) is 37.9 Å². The second-order valence-electron chi connectivity index (χ2n) is 10.9. The van der Waals surface area contributed by atoms with Crippen LogP contribution in [-0.4, -0.2) is 101 Å². The number of urea groups is 1. The van der Waals surface area contributed by atoms with Crippen LogP contribution < -0.4 is 5.32 Å². The lowest BCUT2D eigenvalue weighted by Crippen LogP contribution is -2.53. The summed E-state index contributed by atoms with van der Waals surface area (Å²) in [6, 6.07) is 6.39. The minimum absolute atomic E-state index is 0.0949. The topological polar surface area (TPSA) is 128 Å². The van der Waals surface area contributed by atoms with Crippen molar-refractivity contribution in [2.24, 2.45) is 10.4 Å². The molecule has 1 aromatic carbocycles. The average molecular weight is 601 g/mol. The normalized spacial score (nSPS) is 21.5. The third-order valence-electron chi connectivity index (χ3n) is 7.52. The molecule has 2 N–H and O–H groups in total. The van der Waals surface area contributed by atoms with Crippen LogP contribution in [0.1, 0.15) is 37.4 Å². The van der Waals surface area contributed by atoms with Crippen molar-refractivity contribution < 1.29 is 24.2 Å². The SMILES string of the molecule is CCOC(=O)C1=C(CN2CCN3C(=O)N(CC(C)(C)C(=O)O)C[C@@H]3C2)NC(c2nccs2)=N[C@H]1c1ccccc1Cl. The molecule has 0 saturated carbocycles. The van der Waals surface area contributed by atoms with Gasteiger partial charge in [-0.25, -0.2) is 14.6 Å². The summed E-state index contributed by atoms with van der Waals surface area (Å²) >= 11 is 8.04. The standard InChI is InChI=1S/C28H33ClN6O5S/c1-4-40-25(36)21-20(31-23(24-30-9-12-41-24)32-22(21)18-7-5-6-8-19(18)29)15-33-10-11-35-17(13-33)14-34(27(35)39)16-28(2,3)26(37)38/h5-9,12,17,22H,4,10-11,13-16H2,1-3H3,(H,31,32)(H,37,38)/t17-,22-/m0/s1. The maximum Gasteiger partial charge on any atom is 0.338 e. The molecule has 0 radical (unpaired) electrons. The van der Waals surface area contributed by atoms with E-state index in [9.17, 15) is 19.5 Å². The van der Waals surface area contributed by atoms with Crippen molar-refractivity contribution in [3.8, 4) is 0 Å². The Morgan fingerprint density at radius 1 is 1.24 bits per heavy atom. The summed E-state index contributed by atoms with van der Waals surface area (Å²) in [5.74, 6) is -0.868. The summed E-state index contributed by atoms with van der Waals surface area (Å²) < 4.78 is 5.49. The molecule has 2 aromatic rings. The number of carbonyl (C=O) groups excluding carboxylic acids is 2. The second-order valence-corrected chi connectivity index (χ2v) is 12.2. The molecule has 1 aromatic heterocycles. The molecule has 0 unspecified atom stereocenters. The van der Waals surface area contributed by atoms with Crippen LogP contribution in [0.5, 0.6) is 0 Å². The maximum atomic E-state index is 13.4. The van der Waals surface area contributed by atoms with E-state index in [4.69, 9.17) is 21.3 Å². The molecule has 2 atom stereocenters. The van der Waals surface area contributed by atoms with E-state index >= 15 is 0 Å². The fraction of sp³-hybridized carbons (Fsp3) is 0.464. The average Bonchev–Trinajstić information content (AvgIpc) is 3.57. The number of hydrogen-bond donors (Lipinski definition) is 2. The van der Waals surface area contributed by atoms with Crippen LogP contribution in [0.4, 0.5) is 4.79 Å². The Balaban J connectivity index is 1.44. The van der Waals surface area contributed by atoms with Crippen molar-refractivity contribution in [1.82, 2.24) is 25.0 Å². The number of hydrogen-bond acceptors (Lipinski definition) is 9. The highest BCUT2D eigenvalue weighted by Gasteiger charge is 2.44. The van der Waals surface area contributed by atoms with Gasteiger partial charge in [-0.15, -0.1) is 11.3 Å². The lowest BCUT2D eigenvalue weighted by molar-refractivity contribution is -0.147. The van der Waals surface area contributed by atoms with Crippen molar-refractivity contribution in [3.63, 3.8) is 0 Å². The van der Waals surface area contributed by atoms with Gasteiger partial charge in [0, 0.05) is 67.1 Å². The van der Waals surface area contributed by atoms with Crippen molar-refractivity contribution >= 4 is 46.7 Å². The smallest absolute Gasteiger partial charge is 0.338 e. The van der Waals surface area contributed by atoms with Gasteiger partial charge in [-0.1, -0.05) is 29.8 Å². The Kier molecular flexibility index (Phi) is 8.35. The van der Waals surface area contributed by atoms with Crippen molar-refractivity contribution in [3.05, 3.63) is 62.7 Å². The van der Waals surface area contributed by atoms with E-state index in [1.165, 1.54) is 11.3 Å². The van der Waals surface area contributed by atoms with Gasteiger partial charge < -0.3 is 25.0 Å². The van der Waals surface area contributed by atoms with Crippen LogP contribution in [0.25, 0.3) is 0 Å². The van der Waals surface area contributed by atoms with Crippen molar-refractivity contribution in [2.45, 2.75) is 32.9 Å². The maximum absolute atomic E-state index is 13.4. The van der Waals surface area contributed by atoms with Gasteiger partial charge in [-0.3, -0.25) is 14.7 Å². The molecular weight excluding hydrogens is 568 g/mol. The lowest BCUT2D eigenvalue weighted by Gasteiger charge is -2.38. The number of rotatable bonds is 9. The van der Waals surface area contributed by atoms with E-state index in [0.717, 1.165) is 0 Å². The first-order chi connectivity index (χ1) is 19.6. The number of ether oxygens (including phenoxy) is 1. The number of halogens is 1. The molecule has 5 rings (SSSR count). The van der Waals surface area contributed by atoms with Crippen LogP contribution in [0, 0.1) is 5.41 Å². The zero-order valence-electron chi connectivity index (χ0n) is 23.2. The predicted octanol–water partition coefficient (Wildman–Crippen LogP) is 3.24. The molecule has 41 heavy (non-hydrogen) atoms. The fourth-order valence-corrected chi connectivity index (χ4v) is 6.25. The molecule has 218 valence electrons. The van der Waals surface area contributed by atoms with Gasteiger partial charge in [0.05, 0.1) is 23.6 Å². The Hall–Kier alpha value is -3.48. The second kappa shape index (κ2) is 11.8. The van der Waals surface area contributed by atoms with Crippen LogP contribution in [0.3, 0.4) is 0 Å². The molecule has 11 nitrogen and oxygen atoms in total. The third kappa shape index (κ3) is 5.95. The molecule has 0 spiro atoms. The summed E-state index contributed by atoms with van der Waals surface area (Å²) in [7, 11) is 0. The third-order valence-corrected chi connectivity index (χ3v) is 8.64. The first kappa shape index (κ1) is 29.0. The van der Waals surface area contributed by atoms with Crippen LogP contribution in [0.2, 0.25) is 5.02 Å². The Bertz CT molecular complexity index is 1390. The largest absolute Gasteiger partial charge is 0.481 e. The number of aromatic nitrogens is 1. The van der Waals surface area contributed by atoms with Crippen LogP contribution in [0.15, 0.2) is 52.1 Å². The molecule has 2 saturated heterocycles. The van der Waals surface area contributed by atoms with Gasteiger partial charge in [-0.2, -0.15) is 0 Å². The summed E-state index contributed by atoms with van der Waals surface area (Å²) in [5.41, 5.74) is 0.674. The van der Waals surface area contributed by atoms with E-state index in [0.29, 0.717) is 65.4 Å². The fourth-order valence-electron chi connectivity index (χ4n) is 5.43. The minimum atomic E-state index is -1.05. The Morgan fingerprint density at radius 3 is 2.71 bits per heavy atom. The Morgan fingerprint density at radius 2 is 2.02 bits per heavy atom. The zero-order valence-corrected chi connectivity index (χ0v) is 24.7. The highest BCUT2D eigenvalue weighted by Crippen LogP contribution is 2.37. The highest BCUT2D eigenvalue weighted by atomic mass is 35.5. The number of carboxylic acid groups (broad SMARTS) is 1. The zero-order chi connectivity index (χ0) is 29.3. The number of fused-ring (bicyclic) bond motifs is 1. The number of nitrogens with one attached hydrogen (secondary N) is 1. The number of amidine groups is 1. The number of aliphatic imine (C=N–C) groups is 1. The first-order valence-corrected chi connectivity index (χ1v) is 14.8. The number of benzene rings is 1. The van der Waals surface area contributed by atoms with E-state index in [2.05, 4.69) is 15.2 Å². The van der Waals surface area contributed by atoms with E-state index in [-0.39, 0.29) is 25.2 Å². The number of nitrogens with zero attached hydrogens (tertiary/aromatic N) is 5. The van der Waals surface area contributed by atoms with Gasteiger partial charge >= 0.3 is 18.0 Å². The molecule has 0 aliphatic carbocycles. The monoisotopic (exact) mass is 600 g/mol. The highest BCUT2D eigenvalue weighted by molar-refractivity contribution is 7.11. The summed E-state index contributed by atoms with van der Waals surface area (Å²) in [6.07, 6.45) is 1.70. The van der Waals surface area contributed by atoms with Gasteiger partial charge in [-0.05, 0) is 26.8 Å². The minimum Gasteiger partial charge on any atom is -0.481 e. The number of carboxylic acids is 1. The van der Waals surface area contributed by atoms with Crippen LogP contribution in [-0.2, 0) is 14.3 Å². The van der Waals surface area contributed by atoms with Crippen molar-refractivity contribution in [2.75, 3.05) is 45.9 Å². The molecule has 3 aliphatic rings. The number of aliphatic carboxylic acids is 1. The Labute approximate surface area is 247 Å². The number of esters is 1. The van der Waals surface area contributed by atoms with Gasteiger partial charge in [0.1, 0.15) is 6.04 Å². The summed E-state index contributed by atoms with van der Waals surface area (Å²) in [6.45, 7) is 7.84. The summed E-state index contributed by atoms with van der Waals surface area (Å²) in [4.78, 5) is 53.1. The number of carbonyl (C=O) groups is 3. The van der Waals surface area contributed by atoms with Gasteiger partial charge in [0.15, 0.2) is 10.8 Å². The molecule has 4 heterocycles. The lowest BCUT2D eigenvalue weighted by atomic mass is 9.93. The number of thiazole rings is 1.